The van der Waals surface area contributed by atoms with Crippen LogP contribution in [0.2, 0.25) is 0 Å². The summed E-state index contributed by atoms with van der Waals surface area (Å²) in [7, 11) is 1.95. The van der Waals surface area contributed by atoms with Gasteiger partial charge in [-0.3, -0.25) is 0 Å². The highest BCUT2D eigenvalue weighted by atomic mass is 16.3. The van der Waals surface area contributed by atoms with Gasteiger partial charge < -0.3 is 10.0 Å². The summed E-state index contributed by atoms with van der Waals surface area (Å²) in [4.78, 5) is 6.22. The summed E-state index contributed by atoms with van der Waals surface area (Å²) in [6.45, 7) is 6.15. The fraction of sp³-hybridized carbons (Fsp3) is 0.364. The molecule has 0 saturated carbocycles. The van der Waals surface area contributed by atoms with Crippen LogP contribution in [0.25, 0.3) is 0 Å². The monoisotopic (exact) mass is 192 g/mol. The van der Waals surface area contributed by atoms with Crippen LogP contribution in [-0.4, -0.2) is 23.7 Å². The molecule has 3 heteroatoms. The molecule has 0 spiro atoms. The van der Waals surface area contributed by atoms with Gasteiger partial charge in [-0.05, 0) is 18.6 Å². The second kappa shape index (κ2) is 4.77. The Morgan fingerprint density at radius 2 is 2.36 bits per heavy atom. The Morgan fingerprint density at radius 3 is 2.79 bits per heavy atom. The van der Waals surface area contributed by atoms with Gasteiger partial charge in [-0.15, -0.1) is 6.58 Å². The van der Waals surface area contributed by atoms with E-state index in [-0.39, 0.29) is 0 Å². The topological polar surface area (TPSA) is 36.4 Å². The summed E-state index contributed by atoms with van der Waals surface area (Å²) >= 11 is 0. The van der Waals surface area contributed by atoms with E-state index in [0.717, 1.165) is 17.9 Å². The van der Waals surface area contributed by atoms with E-state index in [0.29, 0.717) is 0 Å². The zero-order chi connectivity index (χ0) is 10.6. The number of hydrogen-bond acceptors (Lipinski definition) is 3. The molecular formula is C11H16N2O. The first kappa shape index (κ1) is 10.7. The highest BCUT2D eigenvalue weighted by Gasteiger charge is 2.03. The maximum absolute atomic E-state index is 9.29. The summed E-state index contributed by atoms with van der Waals surface area (Å²) in [6.07, 6.45) is 3.06. The van der Waals surface area contributed by atoms with E-state index in [4.69, 9.17) is 0 Å². The van der Waals surface area contributed by atoms with Crippen molar-refractivity contribution in [2.75, 3.05) is 18.5 Å². The lowest BCUT2D eigenvalue weighted by Crippen LogP contribution is -2.17. The van der Waals surface area contributed by atoms with Gasteiger partial charge in [0.05, 0.1) is 6.10 Å². The molecule has 1 unspecified atom stereocenters. The van der Waals surface area contributed by atoms with E-state index in [9.17, 15) is 5.11 Å². The third-order valence-electron chi connectivity index (χ3n) is 2.05. The molecule has 14 heavy (non-hydrogen) atoms. The number of aliphatic hydroxyl groups excluding tert-OH is 1. The van der Waals surface area contributed by atoms with Gasteiger partial charge in [0, 0.05) is 19.8 Å². The fourth-order valence-electron chi connectivity index (χ4n) is 1.16. The highest BCUT2D eigenvalue weighted by molar-refractivity contribution is 5.39. The number of hydrogen-bond donors (Lipinski definition) is 1. The Labute approximate surface area is 84.7 Å². The van der Waals surface area contributed by atoms with Gasteiger partial charge >= 0.3 is 0 Å². The Hall–Kier alpha value is -1.35. The lowest BCUT2D eigenvalue weighted by Gasteiger charge is -2.16. The molecule has 0 aliphatic heterocycles. The predicted molar refractivity (Wildman–Crippen MR) is 58.3 cm³/mol. The van der Waals surface area contributed by atoms with Crippen molar-refractivity contribution in [1.82, 2.24) is 4.98 Å². The first-order valence-corrected chi connectivity index (χ1v) is 4.61. The molecule has 1 rings (SSSR count). The van der Waals surface area contributed by atoms with E-state index < -0.39 is 6.10 Å². The van der Waals surface area contributed by atoms with Gasteiger partial charge in [0.15, 0.2) is 0 Å². The van der Waals surface area contributed by atoms with Crippen molar-refractivity contribution in [1.29, 1.82) is 0 Å². The fourth-order valence-corrected chi connectivity index (χ4v) is 1.16. The first-order chi connectivity index (χ1) is 6.65. The van der Waals surface area contributed by atoms with Crippen molar-refractivity contribution in [3.8, 4) is 0 Å². The molecule has 0 fully saturated rings. The average Bonchev–Trinajstić information content (AvgIpc) is 2.18. The summed E-state index contributed by atoms with van der Waals surface area (Å²) in [5, 5.41) is 9.29. The van der Waals surface area contributed by atoms with Gasteiger partial charge in [0.1, 0.15) is 5.82 Å². The summed E-state index contributed by atoms with van der Waals surface area (Å²) in [5.74, 6) is 0.884. The average molecular weight is 192 g/mol. The third kappa shape index (κ3) is 2.57. The quantitative estimate of drug-likeness (QED) is 0.738. The van der Waals surface area contributed by atoms with E-state index in [1.165, 1.54) is 0 Å². The van der Waals surface area contributed by atoms with Crippen LogP contribution in [0.3, 0.4) is 0 Å². The molecule has 3 nitrogen and oxygen atoms in total. The molecule has 1 N–H and O–H groups in total. The SMILES string of the molecule is C=CCN(C)c1ccc(C(C)O)cn1. The molecule has 0 aromatic carbocycles. The van der Waals surface area contributed by atoms with Gasteiger partial charge in [0.2, 0.25) is 0 Å². The van der Waals surface area contributed by atoms with Crippen LogP contribution in [0.4, 0.5) is 5.82 Å². The van der Waals surface area contributed by atoms with Gasteiger partial charge in [-0.25, -0.2) is 4.98 Å². The molecule has 0 radical (unpaired) electrons. The molecule has 0 amide bonds. The molecule has 0 aliphatic carbocycles. The minimum atomic E-state index is -0.457. The van der Waals surface area contributed by atoms with Gasteiger partial charge in [-0.1, -0.05) is 12.1 Å². The van der Waals surface area contributed by atoms with E-state index in [1.54, 1.807) is 13.1 Å². The minimum absolute atomic E-state index is 0.457. The van der Waals surface area contributed by atoms with Crippen molar-refractivity contribution in [2.45, 2.75) is 13.0 Å². The van der Waals surface area contributed by atoms with Gasteiger partial charge in [-0.2, -0.15) is 0 Å². The maximum atomic E-state index is 9.29. The second-order valence-corrected chi connectivity index (χ2v) is 3.29. The number of pyridine rings is 1. The number of rotatable bonds is 4. The van der Waals surface area contributed by atoms with Crippen molar-refractivity contribution >= 4 is 5.82 Å². The van der Waals surface area contributed by atoms with E-state index in [1.807, 2.05) is 30.2 Å². The lowest BCUT2D eigenvalue weighted by atomic mass is 10.2. The zero-order valence-electron chi connectivity index (χ0n) is 8.64. The van der Waals surface area contributed by atoms with Crippen LogP contribution < -0.4 is 4.90 Å². The predicted octanol–water partition coefficient (Wildman–Crippen LogP) is 1.76. The third-order valence-corrected chi connectivity index (χ3v) is 2.05. The molecular weight excluding hydrogens is 176 g/mol. The Bertz CT molecular complexity index is 293. The summed E-state index contributed by atoms with van der Waals surface area (Å²) < 4.78 is 0. The summed E-state index contributed by atoms with van der Waals surface area (Å²) in [6, 6.07) is 3.78. The normalized spacial score (nSPS) is 12.2. The van der Waals surface area contributed by atoms with Crippen molar-refractivity contribution in [3.05, 3.63) is 36.5 Å². The molecule has 76 valence electrons. The molecule has 1 aromatic heterocycles. The number of anilines is 1. The Balaban J connectivity index is 2.77. The maximum Gasteiger partial charge on any atom is 0.128 e. The van der Waals surface area contributed by atoms with Crippen molar-refractivity contribution in [3.63, 3.8) is 0 Å². The standard InChI is InChI=1S/C11H16N2O/c1-4-7-13(3)11-6-5-10(8-12-11)9(2)14/h4-6,8-9,14H,1,7H2,2-3H3. The molecule has 1 heterocycles. The Kier molecular flexibility index (Phi) is 3.65. The molecule has 1 atom stereocenters. The smallest absolute Gasteiger partial charge is 0.128 e. The van der Waals surface area contributed by atoms with Crippen LogP contribution in [0.15, 0.2) is 31.0 Å². The van der Waals surface area contributed by atoms with Crippen LogP contribution in [0.5, 0.6) is 0 Å². The first-order valence-electron chi connectivity index (χ1n) is 4.61. The zero-order valence-corrected chi connectivity index (χ0v) is 8.64. The van der Waals surface area contributed by atoms with Crippen LogP contribution in [0.1, 0.15) is 18.6 Å². The molecule has 1 aromatic rings. The van der Waals surface area contributed by atoms with E-state index >= 15 is 0 Å². The number of likely N-dealkylation sites (N-methyl/N-ethyl adjacent to an activating group) is 1. The van der Waals surface area contributed by atoms with Crippen molar-refractivity contribution in [2.24, 2.45) is 0 Å². The van der Waals surface area contributed by atoms with E-state index in [2.05, 4.69) is 11.6 Å². The molecule has 0 saturated heterocycles. The second-order valence-electron chi connectivity index (χ2n) is 3.29. The molecule has 0 aliphatic rings. The Morgan fingerprint density at radius 1 is 1.64 bits per heavy atom. The molecule has 0 bridgehead atoms. The largest absolute Gasteiger partial charge is 0.389 e. The highest BCUT2D eigenvalue weighted by Crippen LogP contribution is 2.14. The number of aromatic nitrogens is 1. The number of nitrogens with zero attached hydrogens (tertiary/aromatic N) is 2. The minimum Gasteiger partial charge on any atom is -0.389 e. The van der Waals surface area contributed by atoms with Crippen LogP contribution >= 0.6 is 0 Å². The van der Waals surface area contributed by atoms with Gasteiger partial charge in [0.25, 0.3) is 0 Å². The van der Waals surface area contributed by atoms with Crippen molar-refractivity contribution < 1.29 is 5.11 Å². The lowest BCUT2D eigenvalue weighted by molar-refractivity contribution is 0.199. The number of aliphatic hydroxyl groups is 1. The van der Waals surface area contributed by atoms with Crippen LogP contribution in [-0.2, 0) is 0 Å². The van der Waals surface area contributed by atoms with Crippen LogP contribution in [0, 0.1) is 0 Å². The summed E-state index contributed by atoms with van der Waals surface area (Å²) in [5.41, 5.74) is 0.834.